The van der Waals surface area contributed by atoms with Gasteiger partial charge in [0, 0.05) is 0 Å². The van der Waals surface area contributed by atoms with E-state index in [1.165, 1.54) is 0 Å². The standard InChI is InChI=1S/C13H12O2Te/c1-15-11-7-9-13(10-8-11)16(14)12-5-3-2-4-6-12/h2-10H,1H3. The van der Waals surface area contributed by atoms with Gasteiger partial charge in [-0.05, 0) is 0 Å². The number of benzene rings is 2. The van der Waals surface area contributed by atoms with Crippen LogP contribution >= 0.6 is 0 Å². The van der Waals surface area contributed by atoms with Gasteiger partial charge in [-0.2, -0.15) is 0 Å². The van der Waals surface area contributed by atoms with E-state index in [-0.39, 0.29) is 0 Å². The average Bonchev–Trinajstić information content (AvgIpc) is 2.39. The molecule has 0 atom stereocenters. The van der Waals surface area contributed by atoms with Gasteiger partial charge in [-0.3, -0.25) is 0 Å². The van der Waals surface area contributed by atoms with Crippen molar-refractivity contribution < 1.29 is 7.84 Å². The summed E-state index contributed by atoms with van der Waals surface area (Å²) >= 11 is -2.58. The summed E-state index contributed by atoms with van der Waals surface area (Å²) in [6, 6.07) is 17.1. The van der Waals surface area contributed by atoms with Crippen LogP contribution in [-0.2, 0) is 3.10 Å². The molecule has 0 aliphatic rings. The van der Waals surface area contributed by atoms with Gasteiger partial charge in [0.15, 0.2) is 0 Å². The first-order valence-corrected chi connectivity index (χ1v) is 8.20. The molecular formula is C13H12O2Te. The monoisotopic (exact) mass is 330 g/mol. The third-order valence-corrected chi connectivity index (χ3v) is 6.23. The Kier molecular flexibility index (Phi) is 3.71. The second-order valence-corrected chi connectivity index (χ2v) is 7.48. The molecule has 0 bridgehead atoms. The molecule has 2 nitrogen and oxygen atoms in total. The molecule has 0 heterocycles. The van der Waals surface area contributed by atoms with Gasteiger partial charge in [0.25, 0.3) is 0 Å². The topological polar surface area (TPSA) is 26.3 Å². The Bertz CT molecular complexity index is 477. The van der Waals surface area contributed by atoms with Gasteiger partial charge in [-0.25, -0.2) is 0 Å². The Morgan fingerprint density at radius 1 is 0.875 bits per heavy atom. The van der Waals surface area contributed by atoms with Gasteiger partial charge in [-0.15, -0.1) is 0 Å². The van der Waals surface area contributed by atoms with E-state index in [1.807, 2.05) is 54.6 Å². The molecule has 0 unspecified atom stereocenters. The average molecular weight is 328 g/mol. The van der Waals surface area contributed by atoms with Crippen molar-refractivity contribution in [2.24, 2.45) is 0 Å². The Morgan fingerprint density at radius 3 is 2.00 bits per heavy atom. The zero-order valence-corrected chi connectivity index (χ0v) is 11.3. The number of rotatable bonds is 3. The molecule has 0 aliphatic heterocycles. The predicted molar refractivity (Wildman–Crippen MR) is 65.1 cm³/mol. The normalized spacial score (nSPS) is 10.4. The fraction of sp³-hybridized carbons (Fsp3) is 0.0769. The SMILES string of the molecule is COc1ccc([Te](=O)c2ccccc2)cc1. The van der Waals surface area contributed by atoms with Crippen LogP contribution in [0.3, 0.4) is 0 Å². The van der Waals surface area contributed by atoms with Crippen molar-refractivity contribution in [3.05, 3.63) is 54.6 Å². The van der Waals surface area contributed by atoms with E-state index in [4.69, 9.17) is 4.74 Å². The van der Waals surface area contributed by atoms with Gasteiger partial charge in [0.05, 0.1) is 0 Å². The molecule has 0 aliphatic carbocycles. The Balaban J connectivity index is 2.28. The molecule has 0 spiro atoms. The first-order chi connectivity index (χ1) is 7.81. The van der Waals surface area contributed by atoms with Crippen molar-refractivity contribution in [3.63, 3.8) is 0 Å². The first-order valence-electron chi connectivity index (χ1n) is 4.92. The molecular weight excluding hydrogens is 316 g/mol. The van der Waals surface area contributed by atoms with Crippen LogP contribution in [0.4, 0.5) is 0 Å². The van der Waals surface area contributed by atoms with Crippen molar-refractivity contribution in [2.75, 3.05) is 7.11 Å². The van der Waals surface area contributed by atoms with Crippen LogP contribution in [0.5, 0.6) is 5.75 Å². The van der Waals surface area contributed by atoms with Crippen LogP contribution in [0.2, 0.25) is 0 Å². The van der Waals surface area contributed by atoms with Crippen LogP contribution in [0.15, 0.2) is 54.6 Å². The molecule has 0 saturated heterocycles. The van der Waals surface area contributed by atoms with Gasteiger partial charge in [0.1, 0.15) is 0 Å². The first kappa shape index (κ1) is 11.3. The predicted octanol–water partition coefficient (Wildman–Crippen LogP) is 1.23. The zero-order valence-electron chi connectivity index (χ0n) is 8.92. The van der Waals surface area contributed by atoms with Crippen molar-refractivity contribution in [1.82, 2.24) is 0 Å². The third-order valence-electron chi connectivity index (χ3n) is 2.23. The van der Waals surface area contributed by atoms with Crippen LogP contribution < -0.4 is 12.0 Å². The molecule has 3 heteroatoms. The summed E-state index contributed by atoms with van der Waals surface area (Å²) in [4.78, 5) is 0. The van der Waals surface area contributed by atoms with Crippen molar-refractivity contribution in [1.29, 1.82) is 0 Å². The molecule has 0 aromatic heterocycles. The summed E-state index contributed by atoms with van der Waals surface area (Å²) in [5.41, 5.74) is 0. The summed E-state index contributed by atoms with van der Waals surface area (Å²) in [7, 11) is 1.63. The molecule has 2 aromatic carbocycles. The molecule has 0 saturated carbocycles. The second kappa shape index (κ2) is 5.25. The molecule has 16 heavy (non-hydrogen) atoms. The fourth-order valence-corrected chi connectivity index (χ4v) is 4.40. The number of ether oxygens (including phenoxy) is 1. The summed E-state index contributed by atoms with van der Waals surface area (Å²) in [6.45, 7) is 0. The summed E-state index contributed by atoms with van der Waals surface area (Å²) in [5.74, 6) is 0.795. The van der Waals surface area contributed by atoms with Crippen LogP contribution in [-0.4, -0.2) is 26.6 Å². The van der Waals surface area contributed by atoms with Gasteiger partial charge in [0.2, 0.25) is 0 Å². The molecule has 0 amide bonds. The molecule has 82 valence electrons. The molecule has 0 N–H and O–H groups in total. The fourth-order valence-electron chi connectivity index (χ4n) is 1.38. The van der Waals surface area contributed by atoms with Crippen molar-refractivity contribution in [3.8, 4) is 5.75 Å². The van der Waals surface area contributed by atoms with Crippen molar-refractivity contribution >= 4 is 26.8 Å². The molecule has 2 aromatic rings. The Morgan fingerprint density at radius 2 is 1.44 bits per heavy atom. The van der Waals surface area contributed by atoms with E-state index < -0.39 is 19.5 Å². The minimum atomic E-state index is -2.58. The molecule has 0 fully saturated rings. The minimum absolute atomic E-state index is 0.795. The third kappa shape index (κ3) is 2.49. The van der Waals surface area contributed by atoms with E-state index in [2.05, 4.69) is 0 Å². The number of methoxy groups -OCH3 is 1. The van der Waals surface area contributed by atoms with Crippen molar-refractivity contribution in [2.45, 2.75) is 0 Å². The number of hydrogen-bond acceptors (Lipinski definition) is 2. The van der Waals surface area contributed by atoms with Crippen LogP contribution in [0.25, 0.3) is 0 Å². The van der Waals surface area contributed by atoms with Gasteiger partial charge >= 0.3 is 102 Å². The maximum absolute atomic E-state index is 12.3. The maximum atomic E-state index is 12.3. The zero-order chi connectivity index (χ0) is 11.4. The van der Waals surface area contributed by atoms with Crippen LogP contribution in [0, 0.1) is 0 Å². The van der Waals surface area contributed by atoms with E-state index >= 15 is 0 Å². The second-order valence-electron chi connectivity index (χ2n) is 3.26. The van der Waals surface area contributed by atoms with Gasteiger partial charge in [-0.1, -0.05) is 0 Å². The van der Waals surface area contributed by atoms with Gasteiger partial charge < -0.3 is 0 Å². The van der Waals surface area contributed by atoms with E-state index in [0.29, 0.717) is 0 Å². The van der Waals surface area contributed by atoms with E-state index in [9.17, 15) is 3.10 Å². The van der Waals surface area contributed by atoms with Crippen LogP contribution in [0.1, 0.15) is 0 Å². The Labute approximate surface area is 102 Å². The Hall–Kier alpha value is -1.17. The quantitative estimate of drug-likeness (QED) is 0.793. The molecule has 2 rings (SSSR count). The summed E-state index contributed by atoms with van der Waals surface area (Å²) in [5, 5.41) is 0. The van der Waals surface area contributed by atoms with E-state index in [0.717, 1.165) is 13.0 Å². The summed E-state index contributed by atoms with van der Waals surface area (Å²) < 4.78 is 19.2. The summed E-state index contributed by atoms with van der Waals surface area (Å²) in [6.07, 6.45) is 0. The molecule has 0 radical (unpaired) electrons. The van der Waals surface area contributed by atoms with E-state index in [1.54, 1.807) is 7.11 Å². The number of hydrogen-bond donors (Lipinski definition) is 0.